The van der Waals surface area contributed by atoms with Crippen molar-refractivity contribution in [2.75, 3.05) is 33.3 Å². The molecule has 0 aliphatic heterocycles. The molecule has 0 aromatic rings. The highest BCUT2D eigenvalue weighted by Gasteiger charge is 2.10. The molecule has 0 aliphatic carbocycles. The van der Waals surface area contributed by atoms with Crippen LogP contribution in [0.25, 0.3) is 0 Å². The van der Waals surface area contributed by atoms with E-state index in [0.717, 1.165) is 25.4 Å². The highest BCUT2D eigenvalue weighted by molar-refractivity contribution is 4.67. The van der Waals surface area contributed by atoms with Gasteiger partial charge in [0.25, 0.3) is 0 Å². The van der Waals surface area contributed by atoms with Crippen molar-refractivity contribution in [3.05, 3.63) is 0 Å². The molecule has 0 aliphatic rings. The van der Waals surface area contributed by atoms with E-state index in [1.807, 2.05) is 7.05 Å². The van der Waals surface area contributed by atoms with Gasteiger partial charge >= 0.3 is 0 Å². The van der Waals surface area contributed by atoms with Crippen molar-refractivity contribution in [1.82, 2.24) is 10.2 Å². The van der Waals surface area contributed by atoms with E-state index in [4.69, 9.17) is 5.11 Å². The lowest BCUT2D eigenvalue weighted by atomic mass is 10.1. The average Bonchev–Trinajstić information content (AvgIpc) is 2.28. The van der Waals surface area contributed by atoms with Crippen LogP contribution in [0, 0.1) is 5.92 Å². The molecule has 92 valence electrons. The molecular formula is C12H28N2O. The molecule has 3 heteroatoms. The number of hydrogen-bond acceptors (Lipinski definition) is 3. The van der Waals surface area contributed by atoms with Crippen molar-refractivity contribution >= 4 is 0 Å². The van der Waals surface area contributed by atoms with Gasteiger partial charge in [-0.15, -0.1) is 0 Å². The van der Waals surface area contributed by atoms with Gasteiger partial charge in [-0.25, -0.2) is 0 Å². The fraction of sp³-hybridized carbons (Fsp3) is 1.00. The van der Waals surface area contributed by atoms with Gasteiger partial charge in [0.1, 0.15) is 0 Å². The molecule has 0 amide bonds. The van der Waals surface area contributed by atoms with E-state index in [9.17, 15) is 0 Å². The Hall–Kier alpha value is -0.120. The van der Waals surface area contributed by atoms with Crippen LogP contribution in [0.5, 0.6) is 0 Å². The Labute approximate surface area is 94.9 Å². The van der Waals surface area contributed by atoms with Gasteiger partial charge in [0.05, 0.1) is 6.61 Å². The molecule has 2 N–H and O–H groups in total. The topological polar surface area (TPSA) is 35.5 Å². The van der Waals surface area contributed by atoms with Crippen molar-refractivity contribution in [2.45, 2.75) is 39.7 Å². The van der Waals surface area contributed by atoms with E-state index < -0.39 is 0 Å². The van der Waals surface area contributed by atoms with Gasteiger partial charge in [0.2, 0.25) is 0 Å². The first-order valence-electron chi connectivity index (χ1n) is 6.18. The number of nitrogens with zero attached hydrogens (tertiary/aromatic N) is 1. The van der Waals surface area contributed by atoms with Crippen LogP contribution in [-0.4, -0.2) is 49.3 Å². The number of aliphatic hydroxyl groups excluding tert-OH is 1. The lowest BCUT2D eigenvalue weighted by Gasteiger charge is -2.25. The quantitative estimate of drug-likeness (QED) is 0.610. The standard InChI is InChI=1S/C12H28N2O/c1-5-11(3)9-14(6-2)8-7-12(10-15)13-4/h11-13,15H,5-10H2,1-4H3. The fourth-order valence-corrected chi connectivity index (χ4v) is 1.61. The van der Waals surface area contributed by atoms with Crippen LogP contribution >= 0.6 is 0 Å². The molecule has 0 spiro atoms. The zero-order valence-electron chi connectivity index (χ0n) is 10.8. The maximum atomic E-state index is 9.06. The van der Waals surface area contributed by atoms with Gasteiger partial charge in [-0.3, -0.25) is 0 Å². The first-order chi connectivity index (χ1) is 7.17. The lowest BCUT2D eigenvalue weighted by molar-refractivity contribution is 0.200. The number of likely N-dealkylation sites (N-methyl/N-ethyl adjacent to an activating group) is 1. The van der Waals surface area contributed by atoms with Crippen LogP contribution in [0.4, 0.5) is 0 Å². The van der Waals surface area contributed by atoms with Gasteiger partial charge in [-0.05, 0) is 32.5 Å². The number of hydrogen-bond donors (Lipinski definition) is 2. The van der Waals surface area contributed by atoms with Crippen molar-refractivity contribution in [1.29, 1.82) is 0 Å². The first kappa shape index (κ1) is 14.9. The van der Waals surface area contributed by atoms with Crippen LogP contribution in [0.2, 0.25) is 0 Å². The Kier molecular flexibility index (Phi) is 9.06. The van der Waals surface area contributed by atoms with Gasteiger partial charge in [-0.2, -0.15) is 0 Å². The van der Waals surface area contributed by atoms with Gasteiger partial charge < -0.3 is 15.3 Å². The minimum Gasteiger partial charge on any atom is -0.395 e. The van der Waals surface area contributed by atoms with Gasteiger partial charge in [0.15, 0.2) is 0 Å². The van der Waals surface area contributed by atoms with Crippen LogP contribution in [0.3, 0.4) is 0 Å². The third-order valence-electron chi connectivity index (χ3n) is 3.14. The summed E-state index contributed by atoms with van der Waals surface area (Å²) in [6.45, 7) is 10.3. The smallest absolute Gasteiger partial charge is 0.0585 e. The molecule has 3 nitrogen and oxygen atoms in total. The maximum absolute atomic E-state index is 9.06. The summed E-state index contributed by atoms with van der Waals surface area (Å²) >= 11 is 0. The van der Waals surface area contributed by atoms with E-state index in [2.05, 4.69) is 31.0 Å². The van der Waals surface area contributed by atoms with Crippen LogP contribution in [0.15, 0.2) is 0 Å². The summed E-state index contributed by atoms with van der Waals surface area (Å²) in [5, 5.41) is 12.2. The van der Waals surface area contributed by atoms with Crippen LogP contribution in [0.1, 0.15) is 33.6 Å². The Morgan fingerprint density at radius 1 is 1.33 bits per heavy atom. The van der Waals surface area contributed by atoms with Gasteiger partial charge in [-0.1, -0.05) is 27.2 Å². The van der Waals surface area contributed by atoms with E-state index in [0.29, 0.717) is 0 Å². The predicted molar refractivity (Wildman–Crippen MR) is 66.1 cm³/mol. The Morgan fingerprint density at radius 3 is 2.40 bits per heavy atom. The van der Waals surface area contributed by atoms with E-state index >= 15 is 0 Å². The minimum absolute atomic E-state index is 0.234. The molecule has 0 bridgehead atoms. The maximum Gasteiger partial charge on any atom is 0.0585 e. The minimum atomic E-state index is 0.234. The summed E-state index contributed by atoms with van der Waals surface area (Å²) in [5.74, 6) is 0.770. The first-order valence-corrected chi connectivity index (χ1v) is 6.18. The average molecular weight is 216 g/mol. The summed E-state index contributed by atoms with van der Waals surface area (Å²) in [6, 6.07) is 0.246. The molecule has 0 rings (SSSR count). The highest BCUT2D eigenvalue weighted by Crippen LogP contribution is 2.05. The molecule has 0 heterocycles. The van der Waals surface area contributed by atoms with Crippen molar-refractivity contribution in [3.8, 4) is 0 Å². The molecule has 0 saturated carbocycles. The SMILES string of the molecule is CCC(C)CN(CC)CCC(CO)NC. The molecule has 15 heavy (non-hydrogen) atoms. The molecular weight excluding hydrogens is 188 g/mol. The second-order valence-corrected chi connectivity index (χ2v) is 4.36. The summed E-state index contributed by atoms with van der Waals surface area (Å²) < 4.78 is 0. The van der Waals surface area contributed by atoms with Crippen molar-refractivity contribution in [3.63, 3.8) is 0 Å². The molecule has 2 unspecified atom stereocenters. The number of rotatable bonds is 9. The van der Waals surface area contributed by atoms with Crippen LogP contribution < -0.4 is 5.32 Å². The summed E-state index contributed by atoms with van der Waals surface area (Å²) in [7, 11) is 1.91. The summed E-state index contributed by atoms with van der Waals surface area (Å²) in [5.41, 5.74) is 0. The monoisotopic (exact) mass is 216 g/mol. The summed E-state index contributed by atoms with van der Waals surface area (Å²) in [6.07, 6.45) is 2.27. The Morgan fingerprint density at radius 2 is 2.00 bits per heavy atom. The molecule has 0 saturated heterocycles. The third-order valence-corrected chi connectivity index (χ3v) is 3.14. The predicted octanol–water partition coefficient (Wildman–Crippen LogP) is 1.32. The Balaban J connectivity index is 3.78. The second kappa shape index (κ2) is 9.13. The second-order valence-electron chi connectivity index (χ2n) is 4.36. The third kappa shape index (κ3) is 6.88. The van der Waals surface area contributed by atoms with Crippen molar-refractivity contribution < 1.29 is 5.11 Å². The van der Waals surface area contributed by atoms with Crippen molar-refractivity contribution in [2.24, 2.45) is 5.92 Å². The lowest BCUT2D eigenvalue weighted by Crippen LogP contribution is -2.36. The molecule has 0 fully saturated rings. The zero-order chi connectivity index (χ0) is 11.7. The van der Waals surface area contributed by atoms with E-state index in [-0.39, 0.29) is 12.6 Å². The van der Waals surface area contributed by atoms with Gasteiger partial charge in [0, 0.05) is 12.6 Å². The molecule has 0 aromatic carbocycles. The van der Waals surface area contributed by atoms with E-state index in [1.165, 1.54) is 13.0 Å². The van der Waals surface area contributed by atoms with E-state index in [1.54, 1.807) is 0 Å². The largest absolute Gasteiger partial charge is 0.395 e. The molecule has 2 atom stereocenters. The Bertz CT molecular complexity index is 138. The number of nitrogens with one attached hydrogen (secondary N) is 1. The zero-order valence-corrected chi connectivity index (χ0v) is 10.8. The number of aliphatic hydroxyl groups is 1. The highest BCUT2D eigenvalue weighted by atomic mass is 16.3. The molecule has 0 radical (unpaired) electrons. The fourth-order valence-electron chi connectivity index (χ4n) is 1.61. The normalized spacial score (nSPS) is 15.6. The van der Waals surface area contributed by atoms with Crippen LogP contribution in [-0.2, 0) is 0 Å². The summed E-state index contributed by atoms with van der Waals surface area (Å²) in [4.78, 5) is 2.47. The molecule has 0 aromatic heterocycles.